The van der Waals surface area contributed by atoms with Gasteiger partial charge in [-0.2, -0.15) is 5.26 Å². The fourth-order valence-electron chi connectivity index (χ4n) is 2.42. The maximum absolute atomic E-state index is 12.4. The van der Waals surface area contributed by atoms with Crippen LogP contribution < -0.4 is 10.1 Å². The van der Waals surface area contributed by atoms with E-state index < -0.39 is 5.91 Å². The van der Waals surface area contributed by atoms with Crippen LogP contribution in [-0.2, 0) is 11.2 Å². The molecule has 0 aliphatic carbocycles. The van der Waals surface area contributed by atoms with Crippen LogP contribution in [0.3, 0.4) is 0 Å². The van der Waals surface area contributed by atoms with Crippen LogP contribution in [0.15, 0.2) is 66.4 Å². The van der Waals surface area contributed by atoms with Crippen LogP contribution in [-0.4, -0.2) is 18.0 Å². The summed E-state index contributed by atoms with van der Waals surface area (Å²) < 4.78 is 5.10. The number of amides is 1. The van der Waals surface area contributed by atoms with Crippen LogP contribution in [0.5, 0.6) is 5.75 Å². The minimum absolute atomic E-state index is 0.0139. The van der Waals surface area contributed by atoms with E-state index in [-0.39, 0.29) is 5.57 Å². The number of rotatable bonds is 6. The van der Waals surface area contributed by atoms with Crippen molar-refractivity contribution in [3.05, 3.63) is 82.4 Å². The topological polar surface area (TPSA) is 75.0 Å². The first kappa shape index (κ1) is 18.4. The van der Waals surface area contributed by atoms with Gasteiger partial charge in [0.15, 0.2) is 5.13 Å². The van der Waals surface area contributed by atoms with Gasteiger partial charge in [-0.05, 0) is 29.3 Å². The van der Waals surface area contributed by atoms with Gasteiger partial charge >= 0.3 is 0 Å². The molecule has 0 spiro atoms. The van der Waals surface area contributed by atoms with E-state index in [4.69, 9.17) is 4.74 Å². The molecule has 1 amide bonds. The van der Waals surface area contributed by atoms with E-state index in [1.807, 2.05) is 36.4 Å². The molecular weight excluding hydrogens is 358 g/mol. The van der Waals surface area contributed by atoms with Crippen LogP contribution in [0.1, 0.15) is 16.0 Å². The number of carbonyl (C=O) groups is 1. The largest absolute Gasteiger partial charge is 0.497 e. The Kier molecular flexibility index (Phi) is 5.98. The second kappa shape index (κ2) is 8.79. The monoisotopic (exact) mass is 375 g/mol. The third-order valence-electron chi connectivity index (χ3n) is 3.79. The lowest BCUT2D eigenvalue weighted by Crippen LogP contribution is -2.13. The predicted octanol–water partition coefficient (Wildman–Crippen LogP) is 4.29. The molecule has 3 rings (SSSR count). The van der Waals surface area contributed by atoms with E-state index in [0.29, 0.717) is 10.9 Å². The molecule has 0 saturated heterocycles. The number of ether oxygens (including phenoxy) is 1. The van der Waals surface area contributed by atoms with Gasteiger partial charge in [0, 0.05) is 17.5 Å². The Morgan fingerprint density at radius 3 is 2.63 bits per heavy atom. The molecule has 1 aromatic heterocycles. The maximum atomic E-state index is 12.4. The van der Waals surface area contributed by atoms with Crippen molar-refractivity contribution in [1.29, 1.82) is 5.26 Å². The summed E-state index contributed by atoms with van der Waals surface area (Å²) in [5, 5.41) is 12.5. The van der Waals surface area contributed by atoms with Crippen LogP contribution in [0.25, 0.3) is 6.08 Å². The number of nitrogens with one attached hydrogen (secondary N) is 1. The predicted molar refractivity (Wildman–Crippen MR) is 107 cm³/mol. The summed E-state index contributed by atoms with van der Waals surface area (Å²) >= 11 is 1.40. The number of aromatic nitrogens is 1. The molecule has 3 aromatic rings. The van der Waals surface area contributed by atoms with Crippen molar-refractivity contribution in [2.75, 3.05) is 12.4 Å². The van der Waals surface area contributed by atoms with Crippen molar-refractivity contribution in [3.63, 3.8) is 0 Å². The highest BCUT2D eigenvalue weighted by Gasteiger charge is 2.12. The third kappa shape index (κ3) is 5.03. The average molecular weight is 375 g/mol. The summed E-state index contributed by atoms with van der Waals surface area (Å²) in [6, 6.07) is 19.1. The second-order valence-electron chi connectivity index (χ2n) is 5.69. The summed E-state index contributed by atoms with van der Waals surface area (Å²) in [4.78, 5) is 17.6. The normalized spacial score (nSPS) is 10.9. The van der Waals surface area contributed by atoms with Crippen molar-refractivity contribution in [2.45, 2.75) is 6.42 Å². The molecule has 1 N–H and O–H groups in total. The molecule has 0 radical (unpaired) electrons. The zero-order valence-corrected chi connectivity index (χ0v) is 15.5. The Morgan fingerprint density at radius 2 is 1.96 bits per heavy atom. The first-order valence-corrected chi connectivity index (χ1v) is 9.05. The van der Waals surface area contributed by atoms with Crippen molar-refractivity contribution < 1.29 is 9.53 Å². The minimum atomic E-state index is -0.478. The summed E-state index contributed by atoms with van der Waals surface area (Å²) in [5.41, 5.74) is 1.93. The summed E-state index contributed by atoms with van der Waals surface area (Å²) in [6.07, 6.45) is 4.03. The number of benzene rings is 2. The van der Waals surface area contributed by atoms with Crippen LogP contribution >= 0.6 is 11.3 Å². The van der Waals surface area contributed by atoms with Crippen molar-refractivity contribution in [2.24, 2.45) is 0 Å². The standard InChI is InChI=1S/C21H17N3O2S/c1-26-18-9-7-16(8-10-18)11-17(13-22)20(25)24-21-23-14-19(27-21)12-15-5-3-2-4-6-15/h2-11,14H,12H2,1H3,(H,23,24,25)/b17-11-. The Labute approximate surface area is 161 Å². The Bertz CT molecular complexity index is 986. The molecular formula is C21H17N3O2S. The molecule has 6 heteroatoms. The smallest absolute Gasteiger partial charge is 0.268 e. The zero-order chi connectivity index (χ0) is 19.1. The lowest BCUT2D eigenvalue weighted by Gasteiger charge is -2.02. The van der Waals surface area contributed by atoms with E-state index in [0.717, 1.165) is 16.9 Å². The Morgan fingerprint density at radius 1 is 1.22 bits per heavy atom. The lowest BCUT2D eigenvalue weighted by molar-refractivity contribution is -0.112. The maximum Gasteiger partial charge on any atom is 0.268 e. The first-order chi connectivity index (χ1) is 13.2. The number of nitrogens with zero attached hydrogens (tertiary/aromatic N) is 2. The van der Waals surface area contributed by atoms with Gasteiger partial charge in [0.05, 0.1) is 7.11 Å². The molecule has 134 valence electrons. The lowest BCUT2D eigenvalue weighted by atomic mass is 10.1. The molecule has 0 bridgehead atoms. The fraction of sp³-hybridized carbons (Fsp3) is 0.0952. The fourth-order valence-corrected chi connectivity index (χ4v) is 3.27. The number of nitriles is 1. The average Bonchev–Trinajstić information content (AvgIpc) is 3.14. The molecule has 27 heavy (non-hydrogen) atoms. The van der Waals surface area contributed by atoms with Crippen LogP contribution in [0, 0.1) is 11.3 Å². The highest BCUT2D eigenvalue weighted by molar-refractivity contribution is 7.15. The molecule has 1 heterocycles. The van der Waals surface area contributed by atoms with E-state index >= 15 is 0 Å². The van der Waals surface area contributed by atoms with E-state index in [1.54, 1.807) is 37.6 Å². The van der Waals surface area contributed by atoms with Crippen molar-refractivity contribution in [3.8, 4) is 11.8 Å². The van der Waals surface area contributed by atoms with Gasteiger partial charge in [-0.15, -0.1) is 11.3 Å². The second-order valence-corrected chi connectivity index (χ2v) is 6.81. The van der Waals surface area contributed by atoms with Gasteiger partial charge in [0.2, 0.25) is 0 Å². The number of anilines is 1. The van der Waals surface area contributed by atoms with E-state index in [1.165, 1.54) is 23.0 Å². The highest BCUT2D eigenvalue weighted by Crippen LogP contribution is 2.22. The van der Waals surface area contributed by atoms with Crippen molar-refractivity contribution >= 4 is 28.5 Å². The molecule has 2 aromatic carbocycles. The van der Waals surface area contributed by atoms with Gasteiger partial charge in [-0.3, -0.25) is 10.1 Å². The number of methoxy groups -OCH3 is 1. The number of carbonyl (C=O) groups excluding carboxylic acids is 1. The van der Waals surface area contributed by atoms with E-state index in [2.05, 4.69) is 10.3 Å². The van der Waals surface area contributed by atoms with Gasteiger partial charge < -0.3 is 4.74 Å². The first-order valence-electron chi connectivity index (χ1n) is 8.24. The molecule has 0 aliphatic rings. The van der Waals surface area contributed by atoms with Gasteiger partial charge in [-0.1, -0.05) is 42.5 Å². The summed E-state index contributed by atoms with van der Waals surface area (Å²) in [6.45, 7) is 0. The zero-order valence-electron chi connectivity index (χ0n) is 14.7. The van der Waals surface area contributed by atoms with Gasteiger partial charge in [0.25, 0.3) is 5.91 Å². The SMILES string of the molecule is COc1ccc(/C=C(/C#N)C(=O)Nc2ncc(Cc3ccccc3)s2)cc1. The summed E-state index contributed by atoms with van der Waals surface area (Å²) in [5.74, 6) is 0.234. The molecule has 0 fully saturated rings. The summed E-state index contributed by atoms with van der Waals surface area (Å²) in [7, 11) is 1.58. The molecule has 0 saturated carbocycles. The molecule has 0 aliphatic heterocycles. The quantitative estimate of drug-likeness (QED) is 0.515. The van der Waals surface area contributed by atoms with Crippen LogP contribution in [0.2, 0.25) is 0 Å². The molecule has 0 atom stereocenters. The van der Waals surface area contributed by atoms with Gasteiger partial charge in [-0.25, -0.2) is 4.98 Å². The van der Waals surface area contributed by atoms with Crippen molar-refractivity contribution in [1.82, 2.24) is 4.98 Å². The third-order valence-corrected chi connectivity index (χ3v) is 4.70. The number of hydrogen-bond donors (Lipinski definition) is 1. The Balaban J connectivity index is 1.68. The minimum Gasteiger partial charge on any atom is -0.497 e. The van der Waals surface area contributed by atoms with E-state index in [9.17, 15) is 10.1 Å². The van der Waals surface area contributed by atoms with Crippen LogP contribution in [0.4, 0.5) is 5.13 Å². The molecule has 0 unspecified atom stereocenters. The molecule has 5 nitrogen and oxygen atoms in total. The Hall–Kier alpha value is -3.43. The highest BCUT2D eigenvalue weighted by atomic mass is 32.1. The number of thiazole rings is 1. The van der Waals surface area contributed by atoms with Gasteiger partial charge in [0.1, 0.15) is 17.4 Å². The number of hydrogen-bond acceptors (Lipinski definition) is 5.